The van der Waals surface area contributed by atoms with Gasteiger partial charge < -0.3 is 13.9 Å². The highest BCUT2D eigenvalue weighted by Gasteiger charge is 2.26. The third-order valence-electron chi connectivity index (χ3n) is 13.2. The molecular formula is C62H40N2O. The molecule has 0 aliphatic rings. The Hall–Kier alpha value is -8.66. The van der Waals surface area contributed by atoms with Crippen LogP contribution in [0.4, 0.5) is 17.1 Å². The summed E-state index contributed by atoms with van der Waals surface area (Å²) in [6, 6.07) is 87.7. The van der Waals surface area contributed by atoms with E-state index in [0.717, 1.165) is 72.4 Å². The number of para-hydroxylation sites is 4. The lowest BCUT2D eigenvalue weighted by Crippen LogP contribution is -2.12. The summed E-state index contributed by atoms with van der Waals surface area (Å²) in [6.07, 6.45) is 0. The van der Waals surface area contributed by atoms with Gasteiger partial charge in [-0.15, -0.1) is 0 Å². The van der Waals surface area contributed by atoms with Crippen molar-refractivity contribution in [3.63, 3.8) is 0 Å². The molecule has 0 saturated heterocycles. The van der Waals surface area contributed by atoms with E-state index in [1.807, 2.05) is 0 Å². The number of aromatic nitrogens is 1. The van der Waals surface area contributed by atoms with Gasteiger partial charge in [-0.25, -0.2) is 0 Å². The molecule has 3 nitrogen and oxygen atoms in total. The molecule has 13 rings (SSSR count). The van der Waals surface area contributed by atoms with Crippen molar-refractivity contribution in [2.45, 2.75) is 0 Å². The summed E-state index contributed by atoms with van der Waals surface area (Å²) >= 11 is 0. The third kappa shape index (κ3) is 5.97. The molecule has 0 aliphatic heterocycles. The Bertz CT molecular complexity index is 3880. The molecule has 3 heteroatoms. The predicted molar refractivity (Wildman–Crippen MR) is 274 cm³/mol. The second-order valence-corrected chi connectivity index (χ2v) is 16.8. The van der Waals surface area contributed by atoms with E-state index in [1.54, 1.807) is 0 Å². The van der Waals surface area contributed by atoms with Crippen molar-refractivity contribution < 1.29 is 4.42 Å². The molecule has 0 saturated carbocycles. The Balaban J connectivity index is 1.07. The van der Waals surface area contributed by atoms with Gasteiger partial charge in [0, 0.05) is 38.5 Å². The summed E-state index contributed by atoms with van der Waals surface area (Å²) < 4.78 is 9.47. The first-order chi connectivity index (χ1) is 32.3. The van der Waals surface area contributed by atoms with Crippen LogP contribution in [0.5, 0.6) is 0 Å². The van der Waals surface area contributed by atoms with Crippen LogP contribution >= 0.6 is 0 Å². The SMILES string of the molecule is c1ccc(-c2ccc(N(c3ccc(-c4cc5ccccc5c5ccccc45)cc3)c3ccc4c(oc5ccccc54)c3-c3ccccc3-n3c4ccccc4c4ccccc43)cc2)cc1. The first kappa shape index (κ1) is 36.9. The molecular weight excluding hydrogens is 789 g/mol. The second kappa shape index (κ2) is 15.0. The van der Waals surface area contributed by atoms with E-state index in [1.165, 1.54) is 49.0 Å². The number of furan rings is 1. The average molecular weight is 829 g/mol. The number of hydrogen-bond donors (Lipinski definition) is 0. The molecule has 65 heavy (non-hydrogen) atoms. The summed E-state index contributed by atoms with van der Waals surface area (Å²) in [7, 11) is 0. The topological polar surface area (TPSA) is 21.3 Å². The monoisotopic (exact) mass is 828 g/mol. The highest BCUT2D eigenvalue weighted by molar-refractivity contribution is 6.16. The lowest BCUT2D eigenvalue weighted by molar-refractivity contribution is 0.670. The Labute approximate surface area is 376 Å². The van der Waals surface area contributed by atoms with Crippen molar-refractivity contribution in [3.05, 3.63) is 243 Å². The van der Waals surface area contributed by atoms with Crippen LogP contribution in [0.25, 0.3) is 104 Å². The highest BCUT2D eigenvalue weighted by Crippen LogP contribution is 2.49. The summed E-state index contributed by atoms with van der Waals surface area (Å²) in [5.74, 6) is 0. The molecule has 0 atom stereocenters. The van der Waals surface area contributed by atoms with E-state index in [9.17, 15) is 0 Å². The van der Waals surface area contributed by atoms with Crippen LogP contribution in [0.15, 0.2) is 247 Å². The van der Waals surface area contributed by atoms with Crippen LogP contribution in [0.1, 0.15) is 0 Å². The van der Waals surface area contributed by atoms with E-state index < -0.39 is 0 Å². The van der Waals surface area contributed by atoms with Gasteiger partial charge in [0.25, 0.3) is 0 Å². The minimum absolute atomic E-state index is 0.849. The van der Waals surface area contributed by atoms with Gasteiger partial charge in [-0.05, 0) is 111 Å². The number of benzene rings is 11. The van der Waals surface area contributed by atoms with Crippen molar-refractivity contribution >= 4 is 82.4 Å². The first-order valence-corrected chi connectivity index (χ1v) is 22.3. The van der Waals surface area contributed by atoms with Crippen LogP contribution in [0.3, 0.4) is 0 Å². The maximum absolute atomic E-state index is 7.04. The van der Waals surface area contributed by atoms with Gasteiger partial charge in [0.05, 0.1) is 28.0 Å². The lowest BCUT2D eigenvalue weighted by Gasteiger charge is -2.29. The van der Waals surface area contributed by atoms with E-state index in [-0.39, 0.29) is 0 Å². The van der Waals surface area contributed by atoms with Crippen LogP contribution in [0, 0.1) is 0 Å². The largest absolute Gasteiger partial charge is 0.455 e. The van der Waals surface area contributed by atoms with Crippen molar-refractivity contribution in [1.82, 2.24) is 4.57 Å². The summed E-state index contributed by atoms with van der Waals surface area (Å²) in [5.41, 5.74) is 15.0. The number of fused-ring (bicyclic) bond motifs is 9. The van der Waals surface area contributed by atoms with Crippen molar-refractivity contribution in [2.24, 2.45) is 0 Å². The Kier molecular flexibility index (Phi) is 8.53. The van der Waals surface area contributed by atoms with Gasteiger partial charge in [-0.3, -0.25) is 0 Å². The van der Waals surface area contributed by atoms with E-state index in [0.29, 0.717) is 0 Å². The maximum atomic E-state index is 7.04. The first-order valence-electron chi connectivity index (χ1n) is 22.3. The van der Waals surface area contributed by atoms with Gasteiger partial charge in [0.2, 0.25) is 0 Å². The van der Waals surface area contributed by atoms with Gasteiger partial charge in [-0.2, -0.15) is 0 Å². The van der Waals surface area contributed by atoms with Gasteiger partial charge in [-0.1, -0.05) is 176 Å². The molecule has 2 aromatic heterocycles. The zero-order valence-corrected chi connectivity index (χ0v) is 35.4. The maximum Gasteiger partial charge on any atom is 0.145 e. The zero-order chi connectivity index (χ0) is 42.8. The van der Waals surface area contributed by atoms with Crippen LogP contribution < -0.4 is 4.90 Å². The minimum atomic E-state index is 0.849. The molecule has 2 heterocycles. The standard InChI is InChI=1S/C62H40N2O/c1-2-16-41(17-3-1)42-30-34-45(35-31-42)63(46-36-32-43(33-37-46)55-40-44-18-4-5-19-47(44)48-20-6-7-21-49(48)55)59-39-38-53-52-24-11-15-29-60(52)65-62(53)61(59)54-25-10-14-28-58(54)64-56-26-12-8-22-50(56)51-23-9-13-27-57(51)64/h1-40H. The molecule has 0 bridgehead atoms. The van der Waals surface area contributed by atoms with E-state index >= 15 is 0 Å². The average Bonchev–Trinajstić information content (AvgIpc) is 3.93. The minimum Gasteiger partial charge on any atom is -0.455 e. The van der Waals surface area contributed by atoms with Crippen LogP contribution in [0.2, 0.25) is 0 Å². The molecule has 11 aromatic carbocycles. The fourth-order valence-electron chi connectivity index (χ4n) is 10.2. The molecule has 0 fully saturated rings. The van der Waals surface area contributed by atoms with Gasteiger partial charge in [0.1, 0.15) is 11.2 Å². The molecule has 0 unspecified atom stereocenters. The highest BCUT2D eigenvalue weighted by atomic mass is 16.3. The molecule has 0 amide bonds. The number of rotatable bonds is 7. The third-order valence-corrected chi connectivity index (χ3v) is 13.2. The predicted octanol–water partition coefficient (Wildman–Crippen LogP) is 17.5. The number of nitrogens with zero attached hydrogens (tertiary/aromatic N) is 2. The number of anilines is 3. The smallest absolute Gasteiger partial charge is 0.145 e. The number of hydrogen-bond acceptors (Lipinski definition) is 2. The molecule has 0 spiro atoms. The quantitative estimate of drug-likeness (QED) is 0.149. The fourth-order valence-corrected chi connectivity index (χ4v) is 10.2. The zero-order valence-electron chi connectivity index (χ0n) is 35.4. The van der Waals surface area contributed by atoms with E-state index in [4.69, 9.17) is 4.42 Å². The summed E-state index contributed by atoms with van der Waals surface area (Å²) in [4.78, 5) is 2.40. The normalized spacial score (nSPS) is 11.7. The summed E-state index contributed by atoms with van der Waals surface area (Å²) in [6.45, 7) is 0. The van der Waals surface area contributed by atoms with Crippen LogP contribution in [-0.2, 0) is 0 Å². The van der Waals surface area contributed by atoms with Crippen LogP contribution in [-0.4, -0.2) is 4.57 Å². The lowest BCUT2D eigenvalue weighted by atomic mass is 9.93. The Morgan fingerprint density at radius 3 is 1.60 bits per heavy atom. The molecule has 0 radical (unpaired) electrons. The van der Waals surface area contributed by atoms with Crippen molar-refractivity contribution in [1.29, 1.82) is 0 Å². The molecule has 13 aromatic rings. The summed E-state index contributed by atoms with van der Waals surface area (Å²) in [5, 5.41) is 9.62. The molecule has 0 aliphatic carbocycles. The van der Waals surface area contributed by atoms with Gasteiger partial charge in [0.15, 0.2) is 0 Å². The molecule has 304 valence electrons. The Morgan fingerprint density at radius 1 is 0.338 bits per heavy atom. The van der Waals surface area contributed by atoms with Crippen molar-refractivity contribution in [2.75, 3.05) is 4.90 Å². The molecule has 0 N–H and O–H groups in total. The van der Waals surface area contributed by atoms with E-state index in [2.05, 4.69) is 252 Å². The Morgan fingerprint density at radius 2 is 0.877 bits per heavy atom. The second-order valence-electron chi connectivity index (χ2n) is 16.8. The van der Waals surface area contributed by atoms with Gasteiger partial charge >= 0.3 is 0 Å². The fraction of sp³-hybridized carbons (Fsp3) is 0. The van der Waals surface area contributed by atoms with Crippen molar-refractivity contribution in [3.8, 4) is 39.1 Å².